The highest BCUT2D eigenvalue weighted by atomic mass is 19.1. The van der Waals surface area contributed by atoms with Crippen molar-refractivity contribution in [3.8, 4) is 11.3 Å². The van der Waals surface area contributed by atoms with Gasteiger partial charge in [-0.15, -0.1) is 0 Å². The molecule has 4 N–H and O–H groups in total. The Morgan fingerprint density at radius 1 is 1.17 bits per heavy atom. The normalized spacial score (nSPS) is 18.9. The molecule has 4 heterocycles. The lowest BCUT2D eigenvalue weighted by Crippen LogP contribution is -2.62. The van der Waals surface area contributed by atoms with Gasteiger partial charge in [0, 0.05) is 25.3 Å². The van der Waals surface area contributed by atoms with Gasteiger partial charge in [0.15, 0.2) is 0 Å². The van der Waals surface area contributed by atoms with Crippen molar-refractivity contribution in [2.75, 3.05) is 30.4 Å². The van der Waals surface area contributed by atoms with Crippen LogP contribution in [0.3, 0.4) is 0 Å². The number of nitrogens with zero attached hydrogens (tertiary/aromatic N) is 5. The minimum atomic E-state index is -0.732. The van der Waals surface area contributed by atoms with Gasteiger partial charge in [0.05, 0.1) is 66.4 Å². The number of amides is 1. The molecule has 13 heteroatoms. The monoisotopic (exact) mass is 580 g/mol. The maximum absolute atomic E-state index is 15.1. The number of hydrogen-bond acceptors (Lipinski definition) is 9. The Bertz CT molecular complexity index is 1540. The molecule has 11 nitrogen and oxygen atoms in total. The summed E-state index contributed by atoms with van der Waals surface area (Å²) >= 11 is 0. The number of ether oxygens (including phenoxy) is 2. The molecule has 42 heavy (non-hydrogen) atoms. The Morgan fingerprint density at radius 2 is 1.93 bits per heavy atom. The molecule has 5 rings (SSSR count). The number of anilines is 3. The fourth-order valence-corrected chi connectivity index (χ4v) is 5.16. The van der Waals surface area contributed by atoms with E-state index in [9.17, 15) is 4.79 Å². The van der Waals surface area contributed by atoms with Gasteiger partial charge < -0.3 is 30.7 Å². The third-order valence-corrected chi connectivity index (χ3v) is 7.19. The number of carbonyl (C=O) groups excluding carboxylic acids is 1. The Kier molecular flexibility index (Phi) is 8.50. The maximum Gasteiger partial charge on any atom is 0.407 e. The summed E-state index contributed by atoms with van der Waals surface area (Å²) < 4.78 is 41.9. The summed E-state index contributed by atoms with van der Waals surface area (Å²) in [7, 11) is 1.32. The van der Waals surface area contributed by atoms with Crippen LogP contribution in [-0.2, 0) is 16.1 Å². The third kappa shape index (κ3) is 6.11. The van der Waals surface area contributed by atoms with Crippen LogP contribution in [0.4, 0.5) is 30.9 Å². The summed E-state index contributed by atoms with van der Waals surface area (Å²) in [4.78, 5) is 22.6. The molecule has 1 aliphatic heterocycles. The number of carbonyl (C=O) groups is 1. The molecule has 1 aromatic carbocycles. The summed E-state index contributed by atoms with van der Waals surface area (Å²) in [6, 6.07) is 7.03. The number of pyridine rings is 1. The molecule has 1 aliphatic rings. The van der Waals surface area contributed by atoms with Crippen LogP contribution in [0.15, 0.2) is 48.9 Å². The first kappa shape index (κ1) is 29.1. The number of alkyl carbamates (subject to hydrolysis) is 1. The number of piperidine rings is 1. The van der Waals surface area contributed by atoms with E-state index in [1.807, 2.05) is 26.8 Å². The zero-order chi connectivity index (χ0) is 30.0. The molecule has 0 radical (unpaired) electrons. The minimum Gasteiger partial charge on any atom is -0.453 e. The molecule has 0 unspecified atom stereocenters. The van der Waals surface area contributed by atoms with Gasteiger partial charge in [-0.1, -0.05) is 6.92 Å². The van der Waals surface area contributed by atoms with Gasteiger partial charge in [0.25, 0.3) is 0 Å². The van der Waals surface area contributed by atoms with Crippen molar-refractivity contribution in [3.05, 3.63) is 66.1 Å². The van der Waals surface area contributed by atoms with Crippen molar-refractivity contribution in [1.29, 1.82) is 0 Å². The predicted molar refractivity (Wildman–Crippen MR) is 154 cm³/mol. The molecular formula is C29H34F2N8O3. The van der Waals surface area contributed by atoms with Crippen LogP contribution in [-0.4, -0.2) is 64.1 Å². The first-order chi connectivity index (χ1) is 20.1. The van der Waals surface area contributed by atoms with Crippen molar-refractivity contribution in [2.45, 2.75) is 45.6 Å². The van der Waals surface area contributed by atoms with Crippen LogP contribution in [0.5, 0.6) is 0 Å². The van der Waals surface area contributed by atoms with Crippen LogP contribution >= 0.6 is 0 Å². The second kappa shape index (κ2) is 12.2. The third-order valence-electron chi connectivity index (χ3n) is 7.19. The zero-order valence-electron chi connectivity index (χ0n) is 23.8. The lowest BCUT2D eigenvalue weighted by molar-refractivity contribution is 0.0654. The van der Waals surface area contributed by atoms with Gasteiger partial charge >= 0.3 is 6.09 Å². The van der Waals surface area contributed by atoms with E-state index in [1.165, 1.54) is 23.8 Å². The van der Waals surface area contributed by atoms with Gasteiger partial charge in [-0.3, -0.25) is 4.98 Å². The Labute approximate surface area is 242 Å². The van der Waals surface area contributed by atoms with Crippen LogP contribution < -0.4 is 21.3 Å². The van der Waals surface area contributed by atoms with Crippen molar-refractivity contribution < 1.29 is 23.0 Å². The summed E-state index contributed by atoms with van der Waals surface area (Å²) in [6.07, 6.45) is 4.36. The number of hydrogen-bond donors (Lipinski definition) is 3. The second-order valence-corrected chi connectivity index (χ2v) is 10.7. The molecule has 3 aromatic heterocycles. The van der Waals surface area contributed by atoms with Crippen LogP contribution in [0.2, 0.25) is 0 Å². The van der Waals surface area contributed by atoms with E-state index in [2.05, 4.69) is 30.6 Å². The fraction of sp³-hybridized carbons (Fsp3) is 0.379. The number of fused-ring (bicyclic) bond motifs is 1. The highest BCUT2D eigenvalue weighted by Gasteiger charge is 2.34. The molecule has 3 atom stereocenters. The van der Waals surface area contributed by atoms with Gasteiger partial charge in [0.2, 0.25) is 5.95 Å². The smallest absolute Gasteiger partial charge is 0.407 e. The molecule has 1 saturated heterocycles. The number of benzene rings is 1. The molecule has 1 fully saturated rings. The number of imidazole rings is 1. The van der Waals surface area contributed by atoms with Gasteiger partial charge in [-0.2, -0.15) is 9.61 Å². The van der Waals surface area contributed by atoms with Crippen molar-refractivity contribution in [1.82, 2.24) is 24.9 Å². The standard InChI is InChI=1S/C29H34F2N8O3/c1-16(2)42-15-18-9-20(30)26(21(31)10-18)23-6-5-19-11-34-28(39(19)37-23)35-24-12-33-8-7-25(24)38-13-17(3)27(22(32)14-38)36-29(40)41-4/h5-12,16-17,22,27H,13-15,32H2,1-4H3,(H,34,35)(H,36,40)/t17-,22+,27-/m0/s1. The largest absolute Gasteiger partial charge is 0.453 e. The predicted octanol–water partition coefficient (Wildman–Crippen LogP) is 4.25. The van der Waals surface area contributed by atoms with E-state index < -0.39 is 17.7 Å². The average Bonchev–Trinajstić information content (AvgIpc) is 3.35. The first-order valence-corrected chi connectivity index (χ1v) is 13.6. The SMILES string of the molecule is COC(=O)N[C@@H]1[C@H](N)CN(c2ccncc2Nc2ncc3ccc(-c4c(F)cc(COC(C)C)cc4F)nn23)C[C@@H]1C. The quantitative estimate of drug-likeness (QED) is 0.280. The number of methoxy groups -OCH3 is 1. The number of nitrogens with two attached hydrogens (primary N) is 1. The summed E-state index contributed by atoms with van der Waals surface area (Å²) in [5.41, 5.74) is 8.82. The lowest BCUT2D eigenvalue weighted by Gasteiger charge is -2.42. The zero-order valence-corrected chi connectivity index (χ0v) is 23.8. The second-order valence-electron chi connectivity index (χ2n) is 10.7. The number of halogens is 2. The Balaban J connectivity index is 1.41. The molecule has 1 amide bonds. The van der Waals surface area contributed by atoms with E-state index in [1.54, 1.807) is 30.7 Å². The van der Waals surface area contributed by atoms with Crippen LogP contribution in [0, 0.1) is 17.6 Å². The lowest BCUT2D eigenvalue weighted by atomic mass is 9.90. The molecule has 222 valence electrons. The van der Waals surface area contributed by atoms with Crippen molar-refractivity contribution in [2.24, 2.45) is 11.7 Å². The van der Waals surface area contributed by atoms with E-state index in [0.29, 0.717) is 35.8 Å². The van der Waals surface area contributed by atoms with Gasteiger partial charge in [0.1, 0.15) is 11.6 Å². The topological polar surface area (TPSA) is 132 Å². The van der Waals surface area contributed by atoms with E-state index in [4.69, 9.17) is 15.2 Å². The molecular weight excluding hydrogens is 546 g/mol. The van der Waals surface area contributed by atoms with Crippen molar-refractivity contribution >= 4 is 28.9 Å². The van der Waals surface area contributed by atoms with E-state index >= 15 is 8.78 Å². The summed E-state index contributed by atoms with van der Waals surface area (Å²) in [5, 5.41) is 10.6. The number of rotatable bonds is 8. The fourth-order valence-electron chi connectivity index (χ4n) is 5.16. The first-order valence-electron chi connectivity index (χ1n) is 13.6. The van der Waals surface area contributed by atoms with Crippen molar-refractivity contribution in [3.63, 3.8) is 0 Å². The Morgan fingerprint density at radius 3 is 2.62 bits per heavy atom. The van der Waals surface area contributed by atoms with Crippen LogP contribution in [0.1, 0.15) is 26.3 Å². The summed E-state index contributed by atoms with van der Waals surface area (Å²) in [6.45, 7) is 6.91. The van der Waals surface area contributed by atoms with Gasteiger partial charge in [-0.25, -0.2) is 18.6 Å². The number of nitrogens with one attached hydrogen (secondary N) is 2. The number of aromatic nitrogens is 4. The molecule has 0 bridgehead atoms. The maximum atomic E-state index is 15.1. The highest BCUT2D eigenvalue weighted by Crippen LogP contribution is 2.32. The minimum absolute atomic E-state index is 0.0264. The highest BCUT2D eigenvalue weighted by molar-refractivity contribution is 5.74. The molecule has 0 spiro atoms. The van der Waals surface area contributed by atoms with E-state index in [0.717, 1.165) is 5.69 Å². The van der Waals surface area contributed by atoms with Crippen LogP contribution in [0.25, 0.3) is 16.8 Å². The Hall–Kier alpha value is -4.36. The summed E-state index contributed by atoms with van der Waals surface area (Å²) in [5.74, 6) is -1.10. The average molecular weight is 581 g/mol. The van der Waals surface area contributed by atoms with Gasteiger partial charge in [-0.05, 0) is 55.7 Å². The molecule has 0 aliphatic carbocycles. The molecule has 4 aromatic rings. The van der Waals surface area contributed by atoms with E-state index in [-0.39, 0.29) is 42.0 Å². The molecule has 0 saturated carbocycles.